The Kier molecular flexibility index (Phi) is 7.40. The molecule has 0 aliphatic carbocycles. The van der Waals surface area contributed by atoms with E-state index in [1.54, 1.807) is 21.5 Å². The van der Waals surface area contributed by atoms with Gasteiger partial charge in [-0.15, -0.1) is 0 Å². The summed E-state index contributed by atoms with van der Waals surface area (Å²) < 4.78 is 15.9. The number of aromatic nitrogens is 3. The van der Waals surface area contributed by atoms with Crippen molar-refractivity contribution in [2.75, 3.05) is 25.0 Å². The van der Waals surface area contributed by atoms with Crippen LogP contribution in [-0.2, 0) is 4.79 Å². The lowest BCUT2D eigenvalue weighted by molar-refractivity contribution is -0.129. The van der Waals surface area contributed by atoms with Crippen LogP contribution in [0.3, 0.4) is 0 Å². The van der Waals surface area contributed by atoms with Crippen LogP contribution in [0.2, 0.25) is 0 Å². The summed E-state index contributed by atoms with van der Waals surface area (Å²) >= 11 is 0. The third-order valence-corrected chi connectivity index (χ3v) is 6.48. The first-order chi connectivity index (χ1) is 17.6. The molecule has 1 aliphatic rings. The molecular weight excluding hydrogens is 477 g/mol. The number of aliphatic hydroxyl groups is 1. The minimum atomic E-state index is -1.65. The van der Waals surface area contributed by atoms with Gasteiger partial charge in [-0.1, -0.05) is 0 Å². The molecule has 11 heteroatoms. The first kappa shape index (κ1) is 26.0. The number of carbonyl (C=O) groups is 2. The van der Waals surface area contributed by atoms with Crippen LogP contribution in [0.25, 0.3) is 16.9 Å². The van der Waals surface area contributed by atoms with Crippen LogP contribution < -0.4 is 10.6 Å². The molecule has 1 fully saturated rings. The zero-order valence-corrected chi connectivity index (χ0v) is 21.0. The van der Waals surface area contributed by atoms with Crippen molar-refractivity contribution in [2.24, 2.45) is 0 Å². The maximum atomic E-state index is 14.3. The van der Waals surface area contributed by atoms with Crippen molar-refractivity contribution < 1.29 is 19.1 Å². The van der Waals surface area contributed by atoms with Crippen molar-refractivity contribution in [1.82, 2.24) is 24.8 Å². The summed E-state index contributed by atoms with van der Waals surface area (Å²) in [5.74, 6) is -0.549. The van der Waals surface area contributed by atoms with Crippen LogP contribution >= 0.6 is 0 Å². The number of pyridine rings is 1. The molecule has 1 aliphatic heterocycles. The summed E-state index contributed by atoms with van der Waals surface area (Å²) in [5.41, 5.74) is 1.46. The van der Waals surface area contributed by atoms with Gasteiger partial charge in [0.25, 0.3) is 5.91 Å². The molecule has 10 nitrogen and oxygen atoms in total. The van der Waals surface area contributed by atoms with Crippen LogP contribution in [0.4, 0.5) is 10.1 Å². The van der Waals surface area contributed by atoms with Crippen molar-refractivity contribution in [3.05, 3.63) is 47.8 Å². The Hall–Kier alpha value is -4.04. The quantitative estimate of drug-likeness (QED) is 0.447. The normalized spacial score (nSPS) is 16.8. The highest BCUT2D eigenvalue weighted by atomic mass is 19.1. The lowest BCUT2D eigenvalue weighted by Gasteiger charge is -2.33. The molecule has 3 aromatic rings. The number of likely N-dealkylation sites (tertiary alicyclic amines) is 1. The van der Waals surface area contributed by atoms with Crippen LogP contribution in [0.15, 0.2) is 36.7 Å². The molecule has 3 N–H and O–H groups in total. The van der Waals surface area contributed by atoms with Gasteiger partial charge in [-0.3, -0.25) is 14.6 Å². The van der Waals surface area contributed by atoms with Crippen molar-refractivity contribution in [1.29, 1.82) is 5.26 Å². The highest BCUT2D eigenvalue weighted by molar-refractivity contribution is 6.00. The van der Waals surface area contributed by atoms with Gasteiger partial charge in [0.15, 0.2) is 0 Å². The van der Waals surface area contributed by atoms with E-state index in [1.165, 1.54) is 33.2 Å². The van der Waals surface area contributed by atoms with E-state index in [0.717, 1.165) is 18.4 Å². The zero-order valence-electron chi connectivity index (χ0n) is 21.0. The third-order valence-electron chi connectivity index (χ3n) is 6.48. The number of fused-ring (bicyclic) bond motifs is 1. The van der Waals surface area contributed by atoms with E-state index in [-0.39, 0.29) is 24.1 Å². The Morgan fingerprint density at radius 2 is 2.11 bits per heavy atom. The summed E-state index contributed by atoms with van der Waals surface area (Å²) in [6.45, 7) is 5.03. The van der Waals surface area contributed by atoms with Gasteiger partial charge in [0.1, 0.15) is 12.2 Å². The van der Waals surface area contributed by atoms with Gasteiger partial charge in [0.05, 0.1) is 52.1 Å². The molecule has 0 radical (unpaired) electrons. The van der Waals surface area contributed by atoms with Crippen LogP contribution in [0.5, 0.6) is 0 Å². The standard InChI is InChI=1S/C26H30FN7O3/c1-16(35)33-8-4-5-18(15-33)32-21-10-22(23-7-6-19-9-17(11-28)12-31-34(19)23)29-13-20(21)25(36)30-14-24(27)26(2,3)37/h6-7,9-10,12-13,18,24,37H,4-5,8,14-15H2,1-3H3,(H,29,32)(H,30,36)/t18-,24?/m1/s1. The summed E-state index contributed by atoms with van der Waals surface area (Å²) in [4.78, 5) is 31.2. The fraction of sp³-hybridized carbons (Fsp3) is 0.423. The van der Waals surface area contributed by atoms with E-state index >= 15 is 0 Å². The second-order valence-electron chi connectivity index (χ2n) is 9.81. The van der Waals surface area contributed by atoms with E-state index in [9.17, 15) is 19.1 Å². The topological polar surface area (TPSA) is 136 Å². The average molecular weight is 508 g/mol. The third kappa shape index (κ3) is 5.86. The molecule has 0 aromatic carbocycles. The predicted molar refractivity (Wildman–Crippen MR) is 136 cm³/mol. The Morgan fingerprint density at radius 1 is 1.32 bits per heavy atom. The number of hydrogen-bond acceptors (Lipinski definition) is 7. The number of piperidine rings is 1. The number of anilines is 1. The smallest absolute Gasteiger partial charge is 0.255 e. The lowest BCUT2D eigenvalue weighted by Crippen LogP contribution is -2.44. The van der Waals surface area contributed by atoms with E-state index < -0.39 is 17.7 Å². The first-order valence-electron chi connectivity index (χ1n) is 12.1. The Bertz CT molecular complexity index is 1360. The van der Waals surface area contributed by atoms with E-state index in [0.29, 0.717) is 35.7 Å². The number of carbonyl (C=O) groups excluding carboxylic acids is 2. The number of nitriles is 1. The molecule has 0 bridgehead atoms. The first-order valence-corrected chi connectivity index (χ1v) is 12.1. The minimum absolute atomic E-state index is 0.0112. The largest absolute Gasteiger partial charge is 0.387 e. The van der Waals surface area contributed by atoms with Gasteiger partial charge in [-0.25, -0.2) is 8.91 Å². The molecule has 194 valence electrons. The predicted octanol–water partition coefficient (Wildman–Crippen LogP) is 2.53. The number of rotatable bonds is 7. The molecule has 1 unspecified atom stereocenters. The minimum Gasteiger partial charge on any atom is -0.387 e. The van der Waals surface area contributed by atoms with Gasteiger partial charge < -0.3 is 20.6 Å². The highest BCUT2D eigenvalue weighted by Crippen LogP contribution is 2.27. The molecule has 4 rings (SSSR count). The monoisotopic (exact) mass is 507 g/mol. The Labute approximate surface area is 214 Å². The maximum absolute atomic E-state index is 14.3. The van der Waals surface area contributed by atoms with Crippen molar-refractivity contribution in [3.63, 3.8) is 0 Å². The molecule has 4 heterocycles. The molecule has 0 saturated carbocycles. The lowest BCUT2D eigenvalue weighted by atomic mass is 10.0. The summed E-state index contributed by atoms with van der Waals surface area (Å²) in [7, 11) is 0. The van der Waals surface area contributed by atoms with Crippen LogP contribution in [0.1, 0.15) is 49.5 Å². The van der Waals surface area contributed by atoms with E-state index in [1.807, 2.05) is 12.1 Å². The van der Waals surface area contributed by atoms with Crippen molar-refractivity contribution >= 4 is 23.0 Å². The van der Waals surface area contributed by atoms with Crippen LogP contribution in [-0.4, -0.2) is 73.9 Å². The van der Waals surface area contributed by atoms with Crippen LogP contribution in [0, 0.1) is 11.3 Å². The molecule has 3 aromatic heterocycles. The number of halogens is 1. The average Bonchev–Trinajstić information content (AvgIpc) is 3.29. The Morgan fingerprint density at radius 3 is 2.81 bits per heavy atom. The fourth-order valence-electron chi connectivity index (χ4n) is 4.28. The number of alkyl halides is 1. The molecule has 2 atom stereocenters. The summed E-state index contributed by atoms with van der Waals surface area (Å²) in [6, 6.07) is 9.06. The maximum Gasteiger partial charge on any atom is 0.255 e. The number of nitrogens with zero attached hydrogens (tertiary/aromatic N) is 5. The summed E-state index contributed by atoms with van der Waals surface area (Å²) in [6.07, 6.45) is 2.85. The molecule has 37 heavy (non-hydrogen) atoms. The second kappa shape index (κ2) is 10.5. The molecule has 0 spiro atoms. The molecule has 2 amide bonds. The molecule has 1 saturated heterocycles. The second-order valence-corrected chi connectivity index (χ2v) is 9.81. The summed E-state index contributed by atoms with van der Waals surface area (Å²) in [5, 5.41) is 29.3. The van der Waals surface area contributed by atoms with Gasteiger partial charge in [-0.2, -0.15) is 10.4 Å². The van der Waals surface area contributed by atoms with Gasteiger partial charge in [-0.05, 0) is 51.0 Å². The number of hydrogen-bond donors (Lipinski definition) is 3. The van der Waals surface area contributed by atoms with Crippen molar-refractivity contribution in [3.8, 4) is 17.5 Å². The number of nitrogens with one attached hydrogen (secondary N) is 2. The highest BCUT2D eigenvalue weighted by Gasteiger charge is 2.28. The van der Waals surface area contributed by atoms with E-state index in [2.05, 4.69) is 26.8 Å². The fourth-order valence-corrected chi connectivity index (χ4v) is 4.28. The van der Waals surface area contributed by atoms with Gasteiger partial charge >= 0.3 is 0 Å². The Balaban J connectivity index is 1.67. The number of amides is 2. The van der Waals surface area contributed by atoms with Gasteiger partial charge in [0.2, 0.25) is 5.91 Å². The molecular formula is C26H30FN7O3. The van der Waals surface area contributed by atoms with E-state index in [4.69, 9.17) is 5.26 Å². The SMILES string of the molecule is CC(=O)N1CCC[C@@H](Nc2cc(-c3ccc4cc(C#N)cnn34)ncc2C(=O)NCC(F)C(C)(C)O)C1. The van der Waals surface area contributed by atoms with Gasteiger partial charge in [0, 0.05) is 32.3 Å². The van der Waals surface area contributed by atoms with Crippen molar-refractivity contribution in [2.45, 2.75) is 51.4 Å². The zero-order chi connectivity index (χ0) is 26.7.